The van der Waals surface area contributed by atoms with Crippen LogP contribution in [0.25, 0.3) is 0 Å². The molecule has 1 fully saturated rings. The van der Waals surface area contributed by atoms with E-state index in [1.807, 2.05) is 36.0 Å². The molecule has 2 atom stereocenters. The highest BCUT2D eigenvalue weighted by Crippen LogP contribution is 2.48. The van der Waals surface area contributed by atoms with Crippen molar-refractivity contribution in [2.45, 2.75) is 23.3 Å². The van der Waals surface area contributed by atoms with Crippen molar-refractivity contribution in [3.05, 3.63) is 60.2 Å². The average Bonchev–Trinajstić information content (AvgIpc) is 2.48. The normalized spacial score (nSPS) is 23.3. The Kier molecular flexibility index (Phi) is 3.60. The molecule has 0 unspecified atom stereocenters. The summed E-state index contributed by atoms with van der Waals surface area (Å²) in [5.41, 5.74) is 2.37. The molecular weight excluding hydrogens is 256 g/mol. The van der Waals surface area contributed by atoms with Crippen molar-refractivity contribution in [2.24, 2.45) is 0 Å². The fraction of sp³-hybridized carbons (Fsp3) is 0.267. The van der Waals surface area contributed by atoms with Crippen LogP contribution in [-0.4, -0.2) is 15.8 Å². The van der Waals surface area contributed by atoms with E-state index in [2.05, 4.69) is 9.97 Å². The minimum Gasteiger partial charge on any atom is -0.300 e. The maximum atomic E-state index is 12.0. The first-order valence-electron chi connectivity index (χ1n) is 6.30. The zero-order valence-corrected chi connectivity index (χ0v) is 11.2. The lowest BCUT2D eigenvalue weighted by atomic mass is 10.0. The average molecular weight is 270 g/mol. The lowest BCUT2D eigenvalue weighted by Crippen LogP contribution is -2.15. The van der Waals surface area contributed by atoms with Crippen molar-refractivity contribution in [1.29, 1.82) is 0 Å². The second kappa shape index (κ2) is 5.53. The van der Waals surface area contributed by atoms with Gasteiger partial charge in [0.05, 0.1) is 0 Å². The summed E-state index contributed by atoms with van der Waals surface area (Å²) in [5.74, 6) is 0.336. The molecule has 0 aliphatic carbocycles. The standard InChI is InChI=1S/C15H14N2OS/c18-13-9-14(11-1-5-16-6-2-11)19-15(10-13)12-3-7-17-8-4-12/h1-8,14-15H,9-10H2/t14-,15+. The number of pyridine rings is 2. The summed E-state index contributed by atoms with van der Waals surface area (Å²) in [7, 11) is 0. The first-order valence-corrected chi connectivity index (χ1v) is 7.24. The van der Waals surface area contributed by atoms with Crippen LogP contribution < -0.4 is 0 Å². The summed E-state index contributed by atoms with van der Waals surface area (Å²) in [6.45, 7) is 0. The Labute approximate surface area is 116 Å². The van der Waals surface area contributed by atoms with Crippen molar-refractivity contribution < 1.29 is 4.79 Å². The zero-order chi connectivity index (χ0) is 13.1. The maximum absolute atomic E-state index is 12.0. The first kappa shape index (κ1) is 12.4. The van der Waals surface area contributed by atoms with Gasteiger partial charge in [-0.25, -0.2) is 0 Å². The fourth-order valence-corrected chi connectivity index (χ4v) is 3.93. The summed E-state index contributed by atoms with van der Waals surface area (Å²) in [6.07, 6.45) is 8.40. The molecule has 19 heavy (non-hydrogen) atoms. The van der Waals surface area contributed by atoms with E-state index in [4.69, 9.17) is 0 Å². The van der Waals surface area contributed by atoms with Crippen molar-refractivity contribution in [3.8, 4) is 0 Å². The minimum absolute atomic E-state index is 0.238. The summed E-state index contributed by atoms with van der Waals surface area (Å²) in [4.78, 5) is 20.1. The highest BCUT2D eigenvalue weighted by Gasteiger charge is 2.29. The number of nitrogens with zero attached hydrogens (tertiary/aromatic N) is 2. The molecule has 96 valence electrons. The molecule has 0 aromatic carbocycles. The van der Waals surface area contributed by atoms with Crippen LogP contribution in [0.5, 0.6) is 0 Å². The smallest absolute Gasteiger partial charge is 0.135 e. The first-order chi connectivity index (χ1) is 9.33. The van der Waals surface area contributed by atoms with E-state index < -0.39 is 0 Å². The summed E-state index contributed by atoms with van der Waals surface area (Å²) in [6, 6.07) is 8.00. The highest BCUT2D eigenvalue weighted by atomic mass is 32.2. The summed E-state index contributed by atoms with van der Waals surface area (Å²) >= 11 is 1.87. The molecule has 0 amide bonds. The number of thioether (sulfide) groups is 1. The van der Waals surface area contributed by atoms with Gasteiger partial charge in [0.25, 0.3) is 0 Å². The molecule has 0 saturated carbocycles. The van der Waals surface area contributed by atoms with E-state index >= 15 is 0 Å². The minimum atomic E-state index is 0.238. The van der Waals surface area contributed by atoms with Crippen LogP contribution in [0.1, 0.15) is 34.5 Å². The molecule has 0 spiro atoms. The lowest BCUT2D eigenvalue weighted by Gasteiger charge is -2.28. The van der Waals surface area contributed by atoms with Crippen molar-refractivity contribution in [3.63, 3.8) is 0 Å². The molecule has 3 nitrogen and oxygen atoms in total. The number of rotatable bonds is 2. The Morgan fingerprint density at radius 1 is 0.842 bits per heavy atom. The van der Waals surface area contributed by atoms with Crippen LogP contribution in [0.2, 0.25) is 0 Å². The van der Waals surface area contributed by atoms with E-state index in [-0.39, 0.29) is 10.5 Å². The third kappa shape index (κ3) is 2.84. The quantitative estimate of drug-likeness (QED) is 0.839. The van der Waals surface area contributed by atoms with Crippen molar-refractivity contribution in [1.82, 2.24) is 9.97 Å². The number of ketones is 1. The number of hydrogen-bond donors (Lipinski definition) is 0. The Bertz CT molecular complexity index is 509. The summed E-state index contributed by atoms with van der Waals surface area (Å²) < 4.78 is 0. The SMILES string of the molecule is O=C1C[C@@H](c2ccncc2)S[C@@H](c2ccncc2)C1. The highest BCUT2D eigenvalue weighted by molar-refractivity contribution is 7.99. The molecule has 2 aromatic heterocycles. The number of carbonyl (C=O) groups is 1. The summed E-state index contributed by atoms with van der Waals surface area (Å²) in [5, 5.41) is 0.477. The second-order valence-electron chi connectivity index (χ2n) is 4.62. The molecule has 4 heteroatoms. The number of hydrogen-bond acceptors (Lipinski definition) is 4. The molecule has 0 N–H and O–H groups in total. The Morgan fingerprint density at radius 3 is 1.68 bits per heavy atom. The van der Waals surface area contributed by atoms with Gasteiger partial charge in [0, 0.05) is 48.1 Å². The van der Waals surface area contributed by atoms with E-state index in [0.717, 1.165) is 0 Å². The van der Waals surface area contributed by atoms with Gasteiger partial charge in [-0.15, -0.1) is 11.8 Å². The molecule has 3 heterocycles. The maximum Gasteiger partial charge on any atom is 0.135 e. The predicted octanol–water partition coefficient (Wildman–Crippen LogP) is 3.36. The third-order valence-corrected chi connectivity index (χ3v) is 4.85. The van der Waals surface area contributed by atoms with E-state index in [1.54, 1.807) is 24.8 Å². The van der Waals surface area contributed by atoms with Gasteiger partial charge in [0.15, 0.2) is 0 Å². The second-order valence-corrected chi connectivity index (χ2v) is 6.03. The molecule has 0 bridgehead atoms. The van der Waals surface area contributed by atoms with Crippen LogP contribution in [-0.2, 0) is 4.79 Å². The molecule has 1 aliphatic rings. The monoisotopic (exact) mass is 270 g/mol. The molecule has 3 rings (SSSR count). The lowest BCUT2D eigenvalue weighted by molar-refractivity contribution is -0.119. The fourth-order valence-electron chi connectivity index (χ4n) is 2.34. The Balaban J connectivity index is 1.84. The van der Waals surface area contributed by atoms with Crippen LogP contribution in [0.4, 0.5) is 0 Å². The van der Waals surface area contributed by atoms with Gasteiger partial charge in [-0.2, -0.15) is 0 Å². The van der Waals surface area contributed by atoms with Crippen molar-refractivity contribution in [2.75, 3.05) is 0 Å². The van der Waals surface area contributed by atoms with Crippen molar-refractivity contribution >= 4 is 17.5 Å². The number of carbonyl (C=O) groups excluding carboxylic acids is 1. The Hall–Kier alpha value is -1.68. The van der Waals surface area contributed by atoms with Crippen LogP contribution in [0.3, 0.4) is 0 Å². The van der Waals surface area contributed by atoms with E-state index in [9.17, 15) is 4.79 Å². The zero-order valence-electron chi connectivity index (χ0n) is 10.4. The van der Waals surface area contributed by atoms with Gasteiger partial charge in [0.2, 0.25) is 0 Å². The molecule has 1 saturated heterocycles. The van der Waals surface area contributed by atoms with Crippen LogP contribution >= 0.6 is 11.8 Å². The largest absolute Gasteiger partial charge is 0.300 e. The molecular formula is C15H14N2OS. The van der Waals surface area contributed by atoms with Gasteiger partial charge < -0.3 is 0 Å². The molecule has 0 radical (unpaired) electrons. The van der Waals surface area contributed by atoms with E-state index in [0.29, 0.717) is 18.6 Å². The van der Waals surface area contributed by atoms with Gasteiger partial charge in [-0.05, 0) is 35.4 Å². The van der Waals surface area contributed by atoms with E-state index in [1.165, 1.54) is 11.1 Å². The Morgan fingerprint density at radius 2 is 1.26 bits per heavy atom. The van der Waals surface area contributed by atoms with Gasteiger partial charge in [0.1, 0.15) is 5.78 Å². The van der Waals surface area contributed by atoms with Crippen LogP contribution in [0.15, 0.2) is 49.1 Å². The molecule has 2 aromatic rings. The third-order valence-electron chi connectivity index (χ3n) is 3.31. The number of Topliss-reactive ketones (excluding diaryl/α,β-unsaturated/α-hetero) is 1. The molecule has 1 aliphatic heterocycles. The van der Waals surface area contributed by atoms with Gasteiger partial charge >= 0.3 is 0 Å². The predicted molar refractivity (Wildman–Crippen MR) is 75.8 cm³/mol. The van der Waals surface area contributed by atoms with Gasteiger partial charge in [-0.1, -0.05) is 0 Å². The van der Waals surface area contributed by atoms with Crippen LogP contribution in [0, 0.1) is 0 Å². The van der Waals surface area contributed by atoms with Gasteiger partial charge in [-0.3, -0.25) is 14.8 Å². The topological polar surface area (TPSA) is 42.9 Å². The number of aromatic nitrogens is 2.